The van der Waals surface area contributed by atoms with Crippen molar-refractivity contribution >= 4 is 33.8 Å². The summed E-state index contributed by atoms with van der Waals surface area (Å²) in [7, 11) is 1.91. The zero-order chi connectivity index (χ0) is 13.4. The van der Waals surface area contributed by atoms with Gasteiger partial charge in [-0.2, -0.15) is 5.10 Å². The van der Waals surface area contributed by atoms with Crippen LogP contribution in [-0.4, -0.2) is 14.9 Å². The highest BCUT2D eigenvalue weighted by molar-refractivity contribution is 7.10. The minimum absolute atomic E-state index is 0.474. The highest BCUT2D eigenvalue weighted by atomic mass is 35.5. The van der Waals surface area contributed by atoms with Crippen LogP contribution >= 0.6 is 22.9 Å². The molecule has 0 aliphatic carbocycles. The lowest BCUT2D eigenvalue weighted by Gasteiger charge is -2.07. The summed E-state index contributed by atoms with van der Waals surface area (Å²) in [6.07, 6.45) is -0.132. The average molecular weight is 293 g/mol. The highest BCUT2D eigenvalue weighted by Gasteiger charge is 2.17. The maximum absolute atomic E-state index is 10.3. The number of benzene rings is 1. The van der Waals surface area contributed by atoms with E-state index in [1.807, 2.05) is 41.4 Å². The molecule has 0 bridgehead atoms. The van der Waals surface area contributed by atoms with E-state index in [-0.39, 0.29) is 0 Å². The predicted octanol–water partition coefficient (Wildman–Crippen LogP) is 3.56. The van der Waals surface area contributed by atoms with Gasteiger partial charge in [-0.05, 0) is 17.5 Å². The number of aryl methyl sites for hydroxylation is 1. The third-order valence-electron chi connectivity index (χ3n) is 3.17. The predicted molar refractivity (Wildman–Crippen MR) is 78.7 cm³/mol. The Balaban J connectivity index is 1.96. The van der Waals surface area contributed by atoms with Gasteiger partial charge in [-0.3, -0.25) is 4.68 Å². The Hall–Kier alpha value is -1.36. The Morgan fingerprint density at radius 1 is 1.37 bits per heavy atom. The van der Waals surface area contributed by atoms with Crippen LogP contribution in [0.25, 0.3) is 10.9 Å². The van der Waals surface area contributed by atoms with Crippen LogP contribution in [0.2, 0.25) is 5.02 Å². The molecule has 0 spiro atoms. The van der Waals surface area contributed by atoms with Crippen molar-refractivity contribution < 1.29 is 5.11 Å². The van der Waals surface area contributed by atoms with Gasteiger partial charge in [0.25, 0.3) is 0 Å². The number of hydrogen-bond acceptors (Lipinski definition) is 3. The summed E-state index contributed by atoms with van der Waals surface area (Å²) in [4.78, 5) is 0.802. The van der Waals surface area contributed by atoms with E-state index in [9.17, 15) is 5.11 Å². The van der Waals surface area contributed by atoms with E-state index in [4.69, 9.17) is 11.6 Å². The number of aliphatic hydroxyl groups is 1. The van der Waals surface area contributed by atoms with Crippen LogP contribution in [0, 0.1) is 0 Å². The second-order valence-electron chi connectivity index (χ2n) is 4.44. The molecule has 19 heavy (non-hydrogen) atoms. The van der Waals surface area contributed by atoms with E-state index in [2.05, 4.69) is 5.10 Å². The third-order valence-corrected chi connectivity index (χ3v) is 4.63. The summed E-state index contributed by atoms with van der Waals surface area (Å²) in [5.41, 5.74) is 1.97. The average Bonchev–Trinajstić information content (AvgIpc) is 2.95. The molecule has 0 aliphatic heterocycles. The summed E-state index contributed by atoms with van der Waals surface area (Å²) in [5.74, 6) is 0. The molecule has 0 fully saturated rings. The van der Waals surface area contributed by atoms with Crippen molar-refractivity contribution in [3.05, 3.63) is 51.3 Å². The minimum atomic E-state index is -0.606. The Labute approximate surface area is 120 Å². The first-order valence-corrected chi connectivity index (χ1v) is 7.24. The number of hydrogen-bond donors (Lipinski definition) is 1. The van der Waals surface area contributed by atoms with Crippen molar-refractivity contribution in [2.24, 2.45) is 7.05 Å². The van der Waals surface area contributed by atoms with Gasteiger partial charge in [0.15, 0.2) is 0 Å². The van der Waals surface area contributed by atoms with Crippen LogP contribution in [0.3, 0.4) is 0 Å². The van der Waals surface area contributed by atoms with Crippen molar-refractivity contribution in [1.29, 1.82) is 0 Å². The first-order chi connectivity index (χ1) is 9.16. The van der Waals surface area contributed by atoms with Gasteiger partial charge in [0.2, 0.25) is 0 Å². The van der Waals surface area contributed by atoms with Crippen molar-refractivity contribution in [1.82, 2.24) is 9.78 Å². The molecule has 3 nitrogen and oxygen atoms in total. The van der Waals surface area contributed by atoms with Gasteiger partial charge in [0.05, 0.1) is 27.2 Å². The largest absolute Gasteiger partial charge is 0.387 e. The van der Waals surface area contributed by atoms with Gasteiger partial charge < -0.3 is 5.11 Å². The molecular formula is C14H13ClN2OS. The molecule has 98 valence electrons. The molecule has 2 heterocycles. The Bertz CT molecular complexity index is 719. The topological polar surface area (TPSA) is 38.0 Å². The quantitative estimate of drug-likeness (QED) is 0.801. The fraction of sp³-hybridized carbons (Fsp3) is 0.214. The standard InChI is InChI=1S/C14H13ClN2OS/c1-17-12-5-3-2-4-9(12)11(16-17)8-13(18)14-10(15)6-7-19-14/h2-7,13,18H,8H2,1H3. The summed E-state index contributed by atoms with van der Waals surface area (Å²) in [6.45, 7) is 0. The monoisotopic (exact) mass is 292 g/mol. The smallest absolute Gasteiger partial charge is 0.0953 e. The molecule has 0 amide bonds. The van der Waals surface area contributed by atoms with E-state index in [0.29, 0.717) is 11.4 Å². The van der Waals surface area contributed by atoms with Crippen LogP contribution in [-0.2, 0) is 13.5 Å². The fourth-order valence-electron chi connectivity index (χ4n) is 2.26. The summed E-state index contributed by atoms with van der Waals surface area (Å²) in [5, 5.41) is 18.4. The number of para-hydroxylation sites is 1. The second-order valence-corrected chi connectivity index (χ2v) is 5.80. The number of rotatable bonds is 3. The molecular weight excluding hydrogens is 280 g/mol. The molecule has 0 saturated heterocycles. The molecule has 0 radical (unpaired) electrons. The Kier molecular flexibility index (Phi) is 3.31. The number of nitrogens with zero attached hydrogens (tertiary/aromatic N) is 2. The lowest BCUT2D eigenvalue weighted by Crippen LogP contribution is -2.02. The van der Waals surface area contributed by atoms with Crippen molar-refractivity contribution in [3.63, 3.8) is 0 Å². The second kappa shape index (κ2) is 4.96. The van der Waals surface area contributed by atoms with Crippen LogP contribution in [0.5, 0.6) is 0 Å². The first kappa shape index (κ1) is 12.7. The lowest BCUT2D eigenvalue weighted by molar-refractivity contribution is 0.181. The van der Waals surface area contributed by atoms with Gasteiger partial charge in [-0.1, -0.05) is 29.8 Å². The lowest BCUT2D eigenvalue weighted by atomic mass is 10.1. The molecule has 1 unspecified atom stereocenters. The number of halogens is 1. The minimum Gasteiger partial charge on any atom is -0.387 e. The molecule has 0 saturated carbocycles. The maximum atomic E-state index is 10.3. The zero-order valence-electron chi connectivity index (χ0n) is 10.4. The van der Waals surface area contributed by atoms with Crippen LogP contribution in [0.4, 0.5) is 0 Å². The number of fused-ring (bicyclic) bond motifs is 1. The summed E-state index contributed by atoms with van der Waals surface area (Å²) in [6, 6.07) is 9.83. The molecule has 0 aliphatic rings. The fourth-order valence-corrected chi connectivity index (χ4v) is 3.43. The molecule has 2 aromatic heterocycles. The van der Waals surface area contributed by atoms with Crippen LogP contribution in [0.15, 0.2) is 35.7 Å². The highest BCUT2D eigenvalue weighted by Crippen LogP contribution is 2.31. The van der Waals surface area contributed by atoms with Gasteiger partial charge in [0.1, 0.15) is 0 Å². The zero-order valence-corrected chi connectivity index (χ0v) is 11.9. The van der Waals surface area contributed by atoms with E-state index in [1.165, 1.54) is 11.3 Å². The van der Waals surface area contributed by atoms with E-state index >= 15 is 0 Å². The first-order valence-electron chi connectivity index (χ1n) is 5.98. The third kappa shape index (κ3) is 2.27. The Morgan fingerprint density at radius 3 is 2.89 bits per heavy atom. The summed E-state index contributed by atoms with van der Waals surface area (Å²) < 4.78 is 1.84. The summed E-state index contributed by atoms with van der Waals surface area (Å²) >= 11 is 7.52. The molecule has 1 aromatic carbocycles. The van der Waals surface area contributed by atoms with E-state index in [1.54, 1.807) is 6.07 Å². The molecule has 1 N–H and O–H groups in total. The van der Waals surface area contributed by atoms with Crippen LogP contribution in [0.1, 0.15) is 16.7 Å². The molecule has 5 heteroatoms. The number of aliphatic hydroxyl groups excluding tert-OH is 1. The SMILES string of the molecule is Cn1nc(CC(O)c2sccc2Cl)c2ccccc21. The van der Waals surface area contributed by atoms with Crippen molar-refractivity contribution in [2.45, 2.75) is 12.5 Å². The van der Waals surface area contributed by atoms with Gasteiger partial charge in [0, 0.05) is 18.9 Å². The normalized spacial score (nSPS) is 13.0. The van der Waals surface area contributed by atoms with Gasteiger partial charge >= 0.3 is 0 Å². The maximum Gasteiger partial charge on any atom is 0.0953 e. The van der Waals surface area contributed by atoms with Gasteiger partial charge in [-0.25, -0.2) is 0 Å². The van der Waals surface area contributed by atoms with E-state index < -0.39 is 6.10 Å². The number of thiophene rings is 1. The Morgan fingerprint density at radius 2 is 2.16 bits per heavy atom. The molecule has 1 atom stereocenters. The van der Waals surface area contributed by atoms with E-state index in [0.717, 1.165) is 21.5 Å². The van der Waals surface area contributed by atoms with Gasteiger partial charge in [-0.15, -0.1) is 11.3 Å². The molecule has 3 aromatic rings. The van der Waals surface area contributed by atoms with Crippen molar-refractivity contribution in [2.75, 3.05) is 0 Å². The van der Waals surface area contributed by atoms with Crippen molar-refractivity contribution in [3.8, 4) is 0 Å². The molecule has 3 rings (SSSR count). The number of aromatic nitrogens is 2. The van der Waals surface area contributed by atoms with Crippen LogP contribution < -0.4 is 0 Å².